The van der Waals surface area contributed by atoms with Crippen molar-refractivity contribution in [3.8, 4) is 0 Å². The molecule has 0 saturated carbocycles. The molecule has 2 aromatic carbocycles. The zero-order chi connectivity index (χ0) is 29.3. The molecule has 2 saturated heterocycles. The van der Waals surface area contributed by atoms with Crippen molar-refractivity contribution in [2.75, 3.05) is 25.0 Å². The number of anilines is 1. The van der Waals surface area contributed by atoms with Gasteiger partial charge in [-0.2, -0.15) is 0 Å². The van der Waals surface area contributed by atoms with Gasteiger partial charge in [0.05, 0.1) is 22.9 Å². The number of hydrogen-bond acceptors (Lipinski definition) is 7. The minimum absolute atomic E-state index is 0.00608. The lowest BCUT2D eigenvalue weighted by Gasteiger charge is -2.32. The Bertz CT molecular complexity index is 1410. The molecule has 2 aliphatic heterocycles. The second kappa shape index (κ2) is 11.6. The van der Waals surface area contributed by atoms with Crippen LogP contribution in [-0.2, 0) is 24.1 Å². The molecule has 0 spiro atoms. The fraction of sp³-hybridized carbons (Fsp3) is 0.444. The van der Waals surface area contributed by atoms with E-state index in [0.29, 0.717) is 30.8 Å². The van der Waals surface area contributed by atoms with Gasteiger partial charge in [0.1, 0.15) is 16.5 Å². The smallest absolute Gasteiger partial charge is 0.399 e. The summed E-state index contributed by atoms with van der Waals surface area (Å²) in [5.41, 5.74) is -1.19. The van der Waals surface area contributed by atoms with E-state index >= 15 is 4.39 Å². The van der Waals surface area contributed by atoms with Crippen LogP contribution in [0.3, 0.4) is 0 Å². The SMILES string of the molecule is CNC(=C(C=NC1CCOCC1)B1OC(C)(C)C(C)(C)O1)c1cccc(NS(=O)(=O)c2cc(F)ccc2F)c1F. The summed E-state index contributed by atoms with van der Waals surface area (Å²) in [6.07, 6.45) is 3.05. The van der Waals surface area contributed by atoms with Crippen molar-refractivity contribution in [1.82, 2.24) is 5.32 Å². The Labute approximate surface area is 233 Å². The van der Waals surface area contributed by atoms with E-state index in [1.165, 1.54) is 18.2 Å². The molecule has 2 heterocycles. The van der Waals surface area contributed by atoms with Gasteiger partial charge in [0.2, 0.25) is 0 Å². The first-order chi connectivity index (χ1) is 18.8. The first-order valence-electron chi connectivity index (χ1n) is 12.9. The second-order valence-electron chi connectivity index (χ2n) is 10.6. The maximum atomic E-state index is 16.0. The molecule has 0 atom stereocenters. The van der Waals surface area contributed by atoms with Gasteiger partial charge in [-0.3, -0.25) is 9.71 Å². The summed E-state index contributed by atoms with van der Waals surface area (Å²) in [4.78, 5) is 3.77. The molecule has 0 amide bonds. The van der Waals surface area contributed by atoms with Gasteiger partial charge in [-0.25, -0.2) is 21.6 Å². The number of hydrogen-bond donors (Lipinski definition) is 2. The summed E-state index contributed by atoms with van der Waals surface area (Å²) < 4.78 is 89.6. The summed E-state index contributed by atoms with van der Waals surface area (Å²) in [6.45, 7) is 8.72. The number of benzene rings is 2. The van der Waals surface area contributed by atoms with Gasteiger partial charge in [-0.05, 0) is 70.9 Å². The first kappa shape index (κ1) is 30.1. The monoisotopic (exact) mass is 579 g/mol. The minimum atomic E-state index is -4.66. The summed E-state index contributed by atoms with van der Waals surface area (Å²) in [5.74, 6) is -3.07. The lowest BCUT2D eigenvalue weighted by molar-refractivity contribution is 0.00578. The van der Waals surface area contributed by atoms with Gasteiger partial charge >= 0.3 is 7.12 Å². The van der Waals surface area contributed by atoms with Gasteiger partial charge in [-0.15, -0.1) is 0 Å². The maximum absolute atomic E-state index is 16.0. The predicted octanol–water partition coefficient (Wildman–Crippen LogP) is 4.72. The molecule has 0 radical (unpaired) electrons. The van der Waals surface area contributed by atoms with E-state index in [2.05, 4.69) is 5.32 Å². The Morgan fingerprint density at radius 3 is 2.33 bits per heavy atom. The normalized spacial score (nSPS) is 20.1. The highest BCUT2D eigenvalue weighted by atomic mass is 32.2. The summed E-state index contributed by atoms with van der Waals surface area (Å²) in [5, 5.41) is 2.99. The molecule has 2 aromatic rings. The average molecular weight is 579 g/mol. The van der Waals surface area contributed by atoms with Crippen molar-refractivity contribution < 1.29 is 35.6 Å². The Hall–Kier alpha value is -2.87. The van der Waals surface area contributed by atoms with Crippen LogP contribution in [0.15, 0.2) is 51.8 Å². The van der Waals surface area contributed by atoms with E-state index in [1.54, 1.807) is 13.3 Å². The number of ether oxygens (including phenoxy) is 1. The standard InChI is InChI=1S/C27H33BF3N3O5S/c1-26(2)27(3,4)39-28(38-26)20(16-33-18-11-13-37-14-12-18)25(32-5)19-7-6-8-22(24(19)31)34-40(35,36)23-15-17(29)9-10-21(23)30/h6-10,15-16,18,32,34H,11-14H2,1-5H3. The van der Waals surface area contributed by atoms with Crippen LogP contribution in [0.5, 0.6) is 0 Å². The van der Waals surface area contributed by atoms with Crippen LogP contribution in [0.1, 0.15) is 46.1 Å². The van der Waals surface area contributed by atoms with Gasteiger partial charge in [0.25, 0.3) is 10.0 Å². The van der Waals surface area contributed by atoms with Gasteiger partial charge in [0, 0.05) is 43.2 Å². The first-order valence-corrected chi connectivity index (χ1v) is 14.4. The molecule has 2 aliphatic rings. The molecule has 2 N–H and O–H groups in total. The Morgan fingerprint density at radius 2 is 1.70 bits per heavy atom. The number of allylic oxidation sites excluding steroid dienone is 1. The van der Waals surface area contributed by atoms with E-state index in [9.17, 15) is 17.2 Å². The van der Waals surface area contributed by atoms with Crippen molar-refractivity contribution in [2.24, 2.45) is 4.99 Å². The molecule has 0 aromatic heterocycles. The quantitative estimate of drug-likeness (QED) is 0.347. The van der Waals surface area contributed by atoms with Crippen molar-refractivity contribution in [1.29, 1.82) is 0 Å². The average Bonchev–Trinajstić information content (AvgIpc) is 3.11. The van der Waals surface area contributed by atoms with E-state index < -0.39 is 56.4 Å². The lowest BCUT2D eigenvalue weighted by atomic mass is 9.76. The fourth-order valence-electron chi connectivity index (χ4n) is 4.35. The molecule has 4 rings (SSSR count). The number of sulfonamides is 1. The van der Waals surface area contributed by atoms with Crippen molar-refractivity contribution >= 4 is 34.7 Å². The molecule has 0 aliphatic carbocycles. The van der Waals surface area contributed by atoms with E-state index in [4.69, 9.17) is 19.0 Å². The second-order valence-corrected chi connectivity index (χ2v) is 12.3. The molecule has 40 heavy (non-hydrogen) atoms. The van der Waals surface area contributed by atoms with Crippen LogP contribution < -0.4 is 10.0 Å². The molecule has 216 valence electrons. The zero-order valence-corrected chi connectivity index (χ0v) is 23.9. The molecule has 8 nitrogen and oxygen atoms in total. The van der Waals surface area contributed by atoms with Crippen LogP contribution in [0.2, 0.25) is 0 Å². The minimum Gasteiger partial charge on any atom is -0.399 e. The van der Waals surface area contributed by atoms with E-state index in [0.717, 1.165) is 18.9 Å². The number of aliphatic imine (C=N–C) groups is 1. The number of halogens is 3. The van der Waals surface area contributed by atoms with Crippen LogP contribution >= 0.6 is 0 Å². The molecular formula is C27H33BF3N3O5S. The van der Waals surface area contributed by atoms with Gasteiger partial charge < -0.3 is 19.4 Å². The third kappa shape index (κ3) is 6.22. The zero-order valence-electron chi connectivity index (χ0n) is 23.1. The van der Waals surface area contributed by atoms with Crippen molar-refractivity contribution in [2.45, 2.75) is 62.7 Å². The number of nitrogens with one attached hydrogen (secondary N) is 2. The van der Waals surface area contributed by atoms with Crippen molar-refractivity contribution in [3.05, 3.63) is 64.9 Å². The highest BCUT2D eigenvalue weighted by molar-refractivity contribution is 7.92. The predicted molar refractivity (Wildman–Crippen MR) is 148 cm³/mol. The number of nitrogens with zero attached hydrogens (tertiary/aromatic N) is 1. The molecular weight excluding hydrogens is 546 g/mol. The largest absolute Gasteiger partial charge is 0.498 e. The molecule has 0 bridgehead atoms. The third-order valence-corrected chi connectivity index (χ3v) is 8.74. The van der Waals surface area contributed by atoms with Gasteiger partial charge in [-0.1, -0.05) is 6.07 Å². The van der Waals surface area contributed by atoms with Crippen LogP contribution in [-0.4, -0.2) is 59.3 Å². The summed E-state index contributed by atoms with van der Waals surface area (Å²) in [6, 6.07) is 6.08. The van der Waals surface area contributed by atoms with Crippen LogP contribution in [0.25, 0.3) is 5.70 Å². The lowest BCUT2D eigenvalue weighted by Crippen LogP contribution is -2.41. The highest BCUT2D eigenvalue weighted by Gasteiger charge is 2.53. The molecule has 0 unspecified atom stereocenters. The Morgan fingerprint density at radius 1 is 1.05 bits per heavy atom. The molecule has 2 fully saturated rings. The van der Waals surface area contributed by atoms with Gasteiger partial charge in [0.15, 0.2) is 5.82 Å². The van der Waals surface area contributed by atoms with Crippen LogP contribution in [0.4, 0.5) is 18.9 Å². The van der Waals surface area contributed by atoms with Crippen molar-refractivity contribution in [3.63, 3.8) is 0 Å². The number of rotatable bonds is 8. The summed E-state index contributed by atoms with van der Waals surface area (Å²) in [7, 11) is -3.99. The topological polar surface area (TPSA) is 98.2 Å². The molecule has 13 heteroatoms. The highest BCUT2D eigenvalue weighted by Crippen LogP contribution is 2.40. The Balaban J connectivity index is 1.79. The van der Waals surface area contributed by atoms with Crippen LogP contribution in [0, 0.1) is 17.5 Å². The van der Waals surface area contributed by atoms with E-state index in [-0.39, 0.29) is 17.3 Å². The fourth-order valence-corrected chi connectivity index (χ4v) is 5.50. The van der Waals surface area contributed by atoms with E-state index in [1.807, 2.05) is 32.4 Å². The third-order valence-electron chi connectivity index (χ3n) is 7.36. The maximum Gasteiger partial charge on any atom is 0.498 e. The Kier molecular flexibility index (Phi) is 8.69. The summed E-state index contributed by atoms with van der Waals surface area (Å²) >= 11 is 0.